The zero-order valence-corrected chi connectivity index (χ0v) is 14.9. The molecule has 3 rings (SSSR count). The van der Waals surface area contributed by atoms with E-state index in [-0.39, 0.29) is 5.91 Å². The number of hydrogen-bond donors (Lipinski definition) is 2. The quantitative estimate of drug-likeness (QED) is 0.635. The first kappa shape index (κ1) is 16.9. The molecule has 0 bridgehead atoms. The Kier molecular flexibility index (Phi) is 5.23. The van der Waals surface area contributed by atoms with Crippen molar-refractivity contribution < 1.29 is 4.79 Å². The summed E-state index contributed by atoms with van der Waals surface area (Å²) in [5.74, 6) is -0.113. The lowest BCUT2D eigenvalue weighted by Crippen LogP contribution is -2.05. The van der Waals surface area contributed by atoms with Gasteiger partial charge in [-0.3, -0.25) is 4.79 Å². The van der Waals surface area contributed by atoms with Gasteiger partial charge in [0.25, 0.3) is 0 Å². The highest BCUT2D eigenvalue weighted by Gasteiger charge is 2.09. The molecule has 0 unspecified atom stereocenters. The molecule has 124 valence electrons. The van der Waals surface area contributed by atoms with Crippen molar-refractivity contribution in [3.8, 4) is 16.6 Å². The highest BCUT2D eigenvalue weighted by atomic mass is 32.1. The van der Waals surface area contributed by atoms with Gasteiger partial charge in [-0.05, 0) is 35.7 Å². The van der Waals surface area contributed by atoms with E-state index in [0.717, 1.165) is 21.9 Å². The Labute approximate surface area is 153 Å². The maximum absolute atomic E-state index is 11.0. The standard InChI is InChI=1S/C18H14N4OS2/c1-12(23)21-15-6-4-14(5-7-15)20-10-13(9-19)18-22-16(11-25-18)17-3-2-8-24-17/h2-8,10-11,20H,1H3,(H,21,23)/b13-10+. The average molecular weight is 366 g/mol. The molecular weight excluding hydrogens is 352 g/mol. The molecule has 5 nitrogen and oxygen atoms in total. The lowest BCUT2D eigenvalue weighted by molar-refractivity contribution is -0.114. The van der Waals surface area contributed by atoms with E-state index in [4.69, 9.17) is 0 Å². The summed E-state index contributed by atoms with van der Waals surface area (Å²) in [7, 11) is 0. The summed E-state index contributed by atoms with van der Waals surface area (Å²) >= 11 is 3.06. The van der Waals surface area contributed by atoms with Gasteiger partial charge in [0.1, 0.15) is 16.6 Å². The van der Waals surface area contributed by atoms with Crippen molar-refractivity contribution in [3.05, 3.63) is 58.4 Å². The molecule has 0 spiro atoms. The van der Waals surface area contributed by atoms with Crippen LogP contribution in [0.2, 0.25) is 0 Å². The van der Waals surface area contributed by atoms with E-state index >= 15 is 0 Å². The second-order valence-corrected chi connectivity index (χ2v) is 6.89. The van der Waals surface area contributed by atoms with E-state index in [0.29, 0.717) is 10.6 Å². The van der Waals surface area contributed by atoms with Crippen LogP contribution in [0.25, 0.3) is 16.1 Å². The maximum atomic E-state index is 11.0. The monoisotopic (exact) mass is 366 g/mol. The summed E-state index contributed by atoms with van der Waals surface area (Å²) < 4.78 is 0. The molecule has 0 aliphatic heterocycles. The van der Waals surface area contributed by atoms with Gasteiger partial charge in [0, 0.05) is 29.9 Å². The topological polar surface area (TPSA) is 77.8 Å². The van der Waals surface area contributed by atoms with Gasteiger partial charge in [-0.1, -0.05) is 6.07 Å². The van der Waals surface area contributed by atoms with E-state index in [9.17, 15) is 10.1 Å². The number of allylic oxidation sites excluding steroid dienone is 1. The molecule has 0 saturated carbocycles. The Morgan fingerprint density at radius 1 is 1.20 bits per heavy atom. The molecule has 0 saturated heterocycles. The van der Waals surface area contributed by atoms with Crippen molar-refractivity contribution in [2.24, 2.45) is 0 Å². The number of nitrogens with one attached hydrogen (secondary N) is 2. The molecule has 3 aromatic rings. The van der Waals surface area contributed by atoms with Crippen LogP contribution in [-0.2, 0) is 4.79 Å². The summed E-state index contributed by atoms with van der Waals surface area (Å²) in [6.45, 7) is 1.46. The predicted octanol–water partition coefficient (Wildman–Crippen LogP) is 4.81. The molecule has 0 aliphatic carbocycles. The third-order valence-corrected chi connectivity index (χ3v) is 4.99. The van der Waals surface area contributed by atoms with E-state index in [1.807, 2.05) is 35.0 Å². The Bertz CT molecular complexity index is 934. The number of thiazole rings is 1. The van der Waals surface area contributed by atoms with Crippen molar-refractivity contribution in [1.82, 2.24) is 4.98 Å². The molecule has 7 heteroatoms. The number of carbonyl (C=O) groups excluding carboxylic acids is 1. The van der Waals surface area contributed by atoms with E-state index < -0.39 is 0 Å². The molecule has 0 radical (unpaired) electrons. The molecule has 2 heterocycles. The van der Waals surface area contributed by atoms with Crippen LogP contribution in [-0.4, -0.2) is 10.9 Å². The third-order valence-electron chi connectivity index (χ3n) is 3.22. The summed E-state index contributed by atoms with van der Waals surface area (Å²) in [5.41, 5.74) is 2.90. The van der Waals surface area contributed by atoms with Crippen molar-refractivity contribution >= 4 is 45.5 Å². The molecule has 2 aromatic heterocycles. The first-order chi connectivity index (χ1) is 12.2. The number of hydrogen-bond acceptors (Lipinski definition) is 6. The Hall–Kier alpha value is -2.95. The lowest BCUT2D eigenvalue weighted by Gasteiger charge is -2.04. The minimum atomic E-state index is -0.113. The number of amides is 1. The number of nitrogens with zero attached hydrogens (tertiary/aromatic N) is 2. The first-order valence-corrected chi connectivity index (χ1v) is 9.16. The SMILES string of the molecule is CC(=O)Nc1ccc(N/C=C(\C#N)c2nc(-c3cccs3)cs2)cc1. The fourth-order valence-corrected chi connectivity index (χ4v) is 3.63. The Balaban J connectivity index is 1.73. The Morgan fingerprint density at radius 3 is 2.60 bits per heavy atom. The van der Waals surface area contributed by atoms with E-state index in [1.54, 1.807) is 29.7 Å². The number of rotatable bonds is 5. The van der Waals surface area contributed by atoms with Crippen LogP contribution in [0.5, 0.6) is 0 Å². The molecule has 25 heavy (non-hydrogen) atoms. The molecule has 0 atom stereocenters. The van der Waals surface area contributed by atoms with Gasteiger partial charge in [-0.15, -0.1) is 22.7 Å². The van der Waals surface area contributed by atoms with Crippen molar-refractivity contribution in [1.29, 1.82) is 5.26 Å². The van der Waals surface area contributed by atoms with Crippen LogP contribution in [0.15, 0.2) is 53.4 Å². The smallest absolute Gasteiger partial charge is 0.221 e. The largest absolute Gasteiger partial charge is 0.360 e. The maximum Gasteiger partial charge on any atom is 0.221 e. The summed E-state index contributed by atoms with van der Waals surface area (Å²) in [6, 6.07) is 13.4. The van der Waals surface area contributed by atoms with Crippen LogP contribution in [0, 0.1) is 11.3 Å². The zero-order chi connectivity index (χ0) is 17.6. The van der Waals surface area contributed by atoms with Crippen LogP contribution in [0.4, 0.5) is 11.4 Å². The van der Waals surface area contributed by atoms with E-state index in [2.05, 4.69) is 21.7 Å². The van der Waals surface area contributed by atoms with Gasteiger partial charge in [-0.25, -0.2) is 4.98 Å². The highest BCUT2D eigenvalue weighted by molar-refractivity contribution is 7.14. The third kappa shape index (κ3) is 4.32. The van der Waals surface area contributed by atoms with Gasteiger partial charge in [0.05, 0.1) is 10.6 Å². The normalized spacial score (nSPS) is 11.0. The number of carbonyl (C=O) groups is 1. The number of anilines is 2. The van der Waals surface area contributed by atoms with Crippen molar-refractivity contribution in [2.45, 2.75) is 6.92 Å². The summed E-state index contributed by atoms with van der Waals surface area (Å²) in [4.78, 5) is 16.6. The zero-order valence-electron chi connectivity index (χ0n) is 13.3. The van der Waals surface area contributed by atoms with Gasteiger partial charge < -0.3 is 10.6 Å². The minimum absolute atomic E-state index is 0.113. The minimum Gasteiger partial charge on any atom is -0.360 e. The van der Waals surface area contributed by atoms with Gasteiger partial charge in [-0.2, -0.15) is 5.26 Å². The van der Waals surface area contributed by atoms with Crippen molar-refractivity contribution in [3.63, 3.8) is 0 Å². The summed E-state index contributed by atoms with van der Waals surface area (Å²) in [6.07, 6.45) is 1.64. The van der Waals surface area contributed by atoms with Crippen LogP contribution in [0.1, 0.15) is 11.9 Å². The number of thiophene rings is 1. The predicted molar refractivity (Wildman–Crippen MR) is 103 cm³/mol. The molecule has 1 amide bonds. The fraction of sp³-hybridized carbons (Fsp3) is 0.0556. The van der Waals surface area contributed by atoms with Crippen LogP contribution < -0.4 is 10.6 Å². The van der Waals surface area contributed by atoms with Crippen molar-refractivity contribution in [2.75, 3.05) is 10.6 Å². The summed E-state index contributed by atoms with van der Waals surface area (Å²) in [5, 5.41) is 19.8. The lowest BCUT2D eigenvalue weighted by atomic mass is 10.2. The van der Waals surface area contributed by atoms with Gasteiger partial charge in [0.15, 0.2) is 0 Å². The second kappa shape index (κ2) is 7.75. The Morgan fingerprint density at radius 2 is 1.96 bits per heavy atom. The molecular formula is C18H14N4OS2. The average Bonchev–Trinajstić information content (AvgIpc) is 3.28. The van der Waals surface area contributed by atoms with Crippen LogP contribution >= 0.6 is 22.7 Å². The van der Waals surface area contributed by atoms with E-state index in [1.165, 1.54) is 18.3 Å². The first-order valence-electron chi connectivity index (χ1n) is 7.40. The number of benzene rings is 1. The second-order valence-electron chi connectivity index (χ2n) is 5.09. The van der Waals surface area contributed by atoms with Gasteiger partial charge >= 0.3 is 0 Å². The number of nitriles is 1. The number of aromatic nitrogens is 1. The van der Waals surface area contributed by atoms with Gasteiger partial charge in [0.2, 0.25) is 5.91 Å². The molecule has 2 N–H and O–H groups in total. The fourth-order valence-electron chi connectivity index (χ4n) is 2.09. The molecule has 0 aliphatic rings. The van der Waals surface area contributed by atoms with Crippen LogP contribution in [0.3, 0.4) is 0 Å². The molecule has 0 fully saturated rings. The molecule has 1 aromatic carbocycles. The highest BCUT2D eigenvalue weighted by Crippen LogP contribution is 2.29.